The summed E-state index contributed by atoms with van der Waals surface area (Å²) in [5.41, 5.74) is 0. The molecule has 3 fully saturated rings. The van der Waals surface area contributed by atoms with Crippen LogP contribution in [0, 0.1) is 0 Å². The zero-order valence-electron chi connectivity index (χ0n) is 14.4. The van der Waals surface area contributed by atoms with Gasteiger partial charge < -0.3 is 19.4 Å². The van der Waals surface area contributed by atoms with Crippen LogP contribution in [0.2, 0.25) is 0 Å². The lowest BCUT2D eigenvalue weighted by Gasteiger charge is -2.21. The second-order valence-electron chi connectivity index (χ2n) is 6.20. The maximum absolute atomic E-state index is 5.10. The molecule has 3 aliphatic rings. The van der Waals surface area contributed by atoms with Gasteiger partial charge in [0.05, 0.1) is 13.2 Å². The van der Waals surface area contributed by atoms with Gasteiger partial charge in [-0.25, -0.2) is 0 Å². The van der Waals surface area contributed by atoms with Crippen molar-refractivity contribution in [3.63, 3.8) is 0 Å². The van der Waals surface area contributed by atoms with Crippen molar-refractivity contribution >= 4 is 11.8 Å². The van der Waals surface area contributed by atoms with Gasteiger partial charge in [-0.1, -0.05) is 21.3 Å². The third-order valence-electron chi connectivity index (χ3n) is 4.05. The molecule has 142 valence electrons. The highest BCUT2D eigenvalue weighted by Crippen LogP contribution is 2.06. The number of thioether (sulfide) groups is 1. The summed E-state index contributed by atoms with van der Waals surface area (Å²) in [4.78, 5) is 7.03. The normalized spacial score (nSPS) is 23.1. The second-order valence-corrected chi connectivity index (χ2v) is 7.42. The molecule has 23 heavy (non-hydrogen) atoms. The smallest absolute Gasteiger partial charge is 0.0594 e. The minimum Gasteiger partial charge on any atom is -0.379 e. The maximum atomic E-state index is 5.10. The van der Waals surface area contributed by atoms with Gasteiger partial charge in [-0.2, -0.15) is 11.8 Å². The highest BCUT2D eigenvalue weighted by Gasteiger charge is 2.03. The Bertz CT molecular complexity index is 188. The molecule has 3 rings (SSSR count). The second kappa shape index (κ2) is 17.0. The third-order valence-corrected chi connectivity index (χ3v) is 4.99. The molecular formula is C18H43N3OS. The zero-order chi connectivity index (χ0) is 15.3. The van der Waals surface area contributed by atoms with E-state index < -0.39 is 0 Å². The van der Waals surface area contributed by atoms with E-state index in [9.17, 15) is 0 Å². The van der Waals surface area contributed by atoms with E-state index in [4.69, 9.17) is 4.74 Å². The number of hydrogen-bond acceptors (Lipinski definition) is 5. The number of ether oxygens (including phenoxy) is 1. The highest BCUT2D eigenvalue weighted by atomic mass is 32.2. The minimum absolute atomic E-state index is 0. The molecule has 5 heteroatoms. The summed E-state index contributed by atoms with van der Waals surface area (Å²) < 4.78 is 5.10. The monoisotopic (exact) mass is 349 g/mol. The van der Waals surface area contributed by atoms with Crippen molar-refractivity contribution in [1.29, 1.82) is 0 Å². The van der Waals surface area contributed by atoms with Gasteiger partial charge in [0.25, 0.3) is 0 Å². The first kappa shape index (κ1) is 25.4. The summed E-state index contributed by atoms with van der Waals surface area (Å²) >= 11 is 2.06. The lowest BCUT2D eigenvalue weighted by Crippen LogP contribution is -2.32. The highest BCUT2D eigenvalue weighted by molar-refractivity contribution is 7.99. The lowest BCUT2D eigenvalue weighted by atomic mass is 10.1. The molecule has 0 bridgehead atoms. The van der Waals surface area contributed by atoms with E-state index in [0.29, 0.717) is 0 Å². The molecule has 0 radical (unpaired) electrons. The van der Waals surface area contributed by atoms with Crippen molar-refractivity contribution in [1.82, 2.24) is 14.7 Å². The Morgan fingerprint density at radius 2 is 1.04 bits per heavy atom. The number of rotatable bonds is 0. The van der Waals surface area contributed by atoms with E-state index >= 15 is 0 Å². The fraction of sp³-hybridized carbons (Fsp3) is 1.00. The van der Waals surface area contributed by atoms with Gasteiger partial charge in [0, 0.05) is 37.7 Å². The van der Waals surface area contributed by atoms with Crippen LogP contribution >= 0.6 is 11.8 Å². The van der Waals surface area contributed by atoms with Gasteiger partial charge in [-0.05, 0) is 47.1 Å². The fourth-order valence-corrected chi connectivity index (χ4v) is 3.45. The molecule has 0 spiro atoms. The molecule has 3 heterocycles. The van der Waals surface area contributed by atoms with Gasteiger partial charge in [-0.15, -0.1) is 0 Å². The van der Waals surface area contributed by atoms with E-state index in [1.807, 2.05) is 0 Å². The van der Waals surface area contributed by atoms with E-state index in [1.54, 1.807) is 0 Å². The molecular weight excluding hydrogens is 306 g/mol. The van der Waals surface area contributed by atoms with Crippen LogP contribution < -0.4 is 0 Å². The number of likely N-dealkylation sites (N-methyl/N-ethyl adjacent to an activating group) is 1. The topological polar surface area (TPSA) is 19.0 Å². The number of likely N-dealkylation sites (tertiary alicyclic amines) is 1. The van der Waals surface area contributed by atoms with Gasteiger partial charge in [0.1, 0.15) is 0 Å². The van der Waals surface area contributed by atoms with Crippen molar-refractivity contribution in [3.8, 4) is 0 Å². The Morgan fingerprint density at radius 3 is 1.30 bits per heavy atom. The number of hydrogen-bond donors (Lipinski definition) is 0. The van der Waals surface area contributed by atoms with Crippen molar-refractivity contribution in [2.75, 3.05) is 85.1 Å². The number of nitrogens with zero attached hydrogens (tertiary/aromatic N) is 3. The maximum Gasteiger partial charge on any atom is 0.0594 e. The van der Waals surface area contributed by atoms with Crippen LogP contribution in [0.3, 0.4) is 0 Å². The molecule has 4 nitrogen and oxygen atoms in total. The fourth-order valence-electron chi connectivity index (χ4n) is 2.36. The molecule has 0 atom stereocenters. The summed E-state index contributed by atoms with van der Waals surface area (Å²) in [7, 11) is 6.49. The molecule has 0 aromatic rings. The Morgan fingerprint density at radius 1 is 0.609 bits per heavy atom. The molecule has 3 saturated heterocycles. The molecule has 0 aliphatic carbocycles. The summed E-state index contributed by atoms with van der Waals surface area (Å²) in [6.07, 6.45) is 4.28. The van der Waals surface area contributed by atoms with Crippen LogP contribution in [-0.2, 0) is 4.74 Å². The minimum atomic E-state index is 0. The summed E-state index contributed by atoms with van der Waals surface area (Å²) in [5, 5.41) is 0. The molecule has 0 N–H and O–H groups in total. The van der Waals surface area contributed by atoms with Crippen LogP contribution in [0.4, 0.5) is 0 Å². The van der Waals surface area contributed by atoms with Crippen LogP contribution in [0.25, 0.3) is 0 Å². The average molecular weight is 350 g/mol. The summed E-state index contributed by atoms with van der Waals surface area (Å²) in [6.45, 7) is 9.22. The summed E-state index contributed by atoms with van der Waals surface area (Å²) in [6, 6.07) is 0. The number of morpholine rings is 1. The van der Waals surface area contributed by atoms with E-state index in [1.165, 1.54) is 56.9 Å². The summed E-state index contributed by atoms with van der Waals surface area (Å²) in [5.74, 6) is 2.66. The molecule has 0 unspecified atom stereocenters. The lowest BCUT2D eigenvalue weighted by molar-refractivity contribution is 0.0503. The third kappa shape index (κ3) is 15.5. The Kier molecular flexibility index (Phi) is 18.8. The van der Waals surface area contributed by atoms with Crippen molar-refractivity contribution in [3.05, 3.63) is 0 Å². The Labute approximate surface area is 150 Å². The molecule has 0 amide bonds. The first-order chi connectivity index (χ1) is 10.2. The standard InChI is InChI=1S/C6H13N.C5H11NO.C5H11NS.2CH4/c1-7-5-3-2-4-6-7;2*1-6-2-4-7-5-3-6;;/h2-6H2,1H3;2*2-5H2,1H3;2*1H4. The quantitative estimate of drug-likeness (QED) is 0.667. The van der Waals surface area contributed by atoms with Crippen LogP contribution in [0.15, 0.2) is 0 Å². The van der Waals surface area contributed by atoms with Crippen molar-refractivity contribution in [2.24, 2.45) is 0 Å². The van der Waals surface area contributed by atoms with Crippen LogP contribution in [0.5, 0.6) is 0 Å². The van der Waals surface area contributed by atoms with Crippen molar-refractivity contribution in [2.45, 2.75) is 34.1 Å². The van der Waals surface area contributed by atoms with E-state index in [2.05, 4.69) is 47.6 Å². The molecule has 0 aromatic carbocycles. The van der Waals surface area contributed by atoms with Gasteiger partial charge >= 0.3 is 0 Å². The first-order valence-electron chi connectivity index (χ1n) is 8.39. The Balaban J connectivity index is 0. The van der Waals surface area contributed by atoms with Crippen LogP contribution in [-0.4, -0.2) is 99.8 Å². The first-order valence-corrected chi connectivity index (χ1v) is 9.55. The van der Waals surface area contributed by atoms with Crippen molar-refractivity contribution < 1.29 is 4.74 Å². The predicted octanol–water partition coefficient (Wildman–Crippen LogP) is 2.99. The van der Waals surface area contributed by atoms with Gasteiger partial charge in [0.15, 0.2) is 0 Å². The van der Waals surface area contributed by atoms with Gasteiger partial charge in [0.2, 0.25) is 0 Å². The predicted molar refractivity (Wildman–Crippen MR) is 108 cm³/mol. The molecule has 0 aromatic heterocycles. The molecule has 3 aliphatic heterocycles. The zero-order valence-corrected chi connectivity index (χ0v) is 15.2. The molecule has 0 saturated carbocycles. The largest absolute Gasteiger partial charge is 0.379 e. The Hall–Kier alpha value is 0.190. The van der Waals surface area contributed by atoms with Gasteiger partial charge in [-0.3, -0.25) is 0 Å². The van der Waals surface area contributed by atoms with E-state index in [-0.39, 0.29) is 14.9 Å². The SMILES string of the molecule is C.C.CN1CCCCC1.CN1CCOCC1.CN1CCSCC1. The average Bonchev–Trinajstić information content (AvgIpc) is 2.51. The van der Waals surface area contributed by atoms with Crippen LogP contribution in [0.1, 0.15) is 34.1 Å². The number of piperidine rings is 1. The van der Waals surface area contributed by atoms with E-state index in [0.717, 1.165) is 26.3 Å².